The van der Waals surface area contributed by atoms with Crippen LogP contribution in [-0.2, 0) is 4.79 Å². The highest BCUT2D eigenvalue weighted by molar-refractivity contribution is 5.95. The van der Waals surface area contributed by atoms with Gasteiger partial charge in [0.05, 0.1) is 5.57 Å². The number of primary amides is 1. The molecule has 0 bridgehead atoms. The molecule has 8 heteroatoms. The van der Waals surface area contributed by atoms with E-state index in [4.69, 9.17) is 5.73 Å². The number of rotatable bonds is 3. The smallest absolute Gasteiger partial charge is 0.248 e. The first-order valence-corrected chi connectivity index (χ1v) is 7.69. The van der Waals surface area contributed by atoms with Crippen LogP contribution in [0.2, 0.25) is 0 Å². The minimum Gasteiger partial charge on any atom is -0.366 e. The Bertz CT molecular complexity index is 963. The normalized spacial score (nSPS) is 16.3. The Morgan fingerprint density at radius 3 is 2.60 bits per heavy atom. The standard InChI is InChI=1S/C17H15N7O/c1-10-13(15(18)25)14(11-4-2-6-19-8-11)24-17(21-10)22-16(23-24)12-5-3-7-20-9-12/h2-9,14H,1H3,(H2,18,25)(H,21,22,23). The highest BCUT2D eigenvalue weighted by Crippen LogP contribution is 2.35. The summed E-state index contributed by atoms with van der Waals surface area (Å²) < 4.78 is 1.66. The monoisotopic (exact) mass is 333 g/mol. The van der Waals surface area contributed by atoms with Crippen LogP contribution in [0.1, 0.15) is 18.5 Å². The maximum absolute atomic E-state index is 12.1. The van der Waals surface area contributed by atoms with Crippen molar-refractivity contribution < 1.29 is 4.79 Å². The van der Waals surface area contributed by atoms with Gasteiger partial charge in [-0.15, -0.1) is 5.10 Å². The molecular weight excluding hydrogens is 318 g/mol. The van der Waals surface area contributed by atoms with Gasteiger partial charge in [-0.25, -0.2) is 4.68 Å². The van der Waals surface area contributed by atoms with Gasteiger partial charge in [-0.3, -0.25) is 14.8 Å². The van der Waals surface area contributed by atoms with E-state index in [-0.39, 0.29) is 0 Å². The summed E-state index contributed by atoms with van der Waals surface area (Å²) in [6, 6.07) is 6.90. The molecule has 0 aliphatic carbocycles. The number of hydrogen-bond acceptors (Lipinski definition) is 6. The van der Waals surface area contributed by atoms with Crippen molar-refractivity contribution in [2.75, 3.05) is 5.32 Å². The van der Waals surface area contributed by atoms with E-state index in [0.717, 1.165) is 11.1 Å². The number of carbonyl (C=O) groups excluding carboxylic acids is 1. The molecule has 8 nitrogen and oxygen atoms in total. The third-order valence-corrected chi connectivity index (χ3v) is 4.04. The molecule has 124 valence electrons. The van der Waals surface area contributed by atoms with E-state index < -0.39 is 11.9 Å². The minimum atomic E-state index is -0.511. The van der Waals surface area contributed by atoms with Gasteiger partial charge in [0.15, 0.2) is 5.82 Å². The summed E-state index contributed by atoms with van der Waals surface area (Å²) in [5.41, 5.74) is 8.31. The predicted octanol–water partition coefficient (Wildman–Crippen LogP) is 1.51. The molecule has 0 fully saturated rings. The van der Waals surface area contributed by atoms with Gasteiger partial charge in [0.1, 0.15) is 6.04 Å². The molecule has 0 aromatic carbocycles. The van der Waals surface area contributed by atoms with Crippen LogP contribution in [0, 0.1) is 0 Å². The highest BCUT2D eigenvalue weighted by atomic mass is 16.1. The lowest BCUT2D eigenvalue weighted by molar-refractivity contribution is -0.115. The average molecular weight is 333 g/mol. The SMILES string of the molecule is CC1=C(C(N)=O)C(c2cccnc2)n2nc(-c3cccnc3)nc2N1. The van der Waals surface area contributed by atoms with Gasteiger partial charge in [-0.05, 0) is 30.7 Å². The molecule has 3 aromatic rings. The lowest BCUT2D eigenvalue weighted by Crippen LogP contribution is -2.31. The van der Waals surface area contributed by atoms with E-state index in [1.165, 1.54) is 0 Å². The van der Waals surface area contributed by atoms with Crippen LogP contribution in [0.25, 0.3) is 11.4 Å². The minimum absolute atomic E-state index is 0.433. The van der Waals surface area contributed by atoms with Crippen molar-refractivity contribution in [2.45, 2.75) is 13.0 Å². The first-order valence-electron chi connectivity index (χ1n) is 7.69. The van der Waals surface area contributed by atoms with Crippen LogP contribution in [-0.4, -0.2) is 30.6 Å². The zero-order valence-electron chi connectivity index (χ0n) is 13.4. The third kappa shape index (κ3) is 2.53. The van der Waals surface area contributed by atoms with E-state index in [1.54, 1.807) is 36.4 Å². The second-order valence-electron chi connectivity index (χ2n) is 5.66. The number of carbonyl (C=O) groups is 1. The van der Waals surface area contributed by atoms with Crippen molar-refractivity contribution in [1.82, 2.24) is 24.7 Å². The van der Waals surface area contributed by atoms with E-state index in [9.17, 15) is 4.79 Å². The van der Waals surface area contributed by atoms with Crippen LogP contribution < -0.4 is 11.1 Å². The van der Waals surface area contributed by atoms with Crippen molar-refractivity contribution >= 4 is 11.9 Å². The van der Waals surface area contributed by atoms with Crippen molar-refractivity contribution in [3.8, 4) is 11.4 Å². The molecule has 1 unspecified atom stereocenters. The van der Waals surface area contributed by atoms with Gasteiger partial charge >= 0.3 is 0 Å². The number of nitrogens with two attached hydrogens (primary N) is 1. The molecule has 3 aromatic heterocycles. The summed E-state index contributed by atoms with van der Waals surface area (Å²) in [6.07, 6.45) is 6.75. The molecule has 4 heterocycles. The molecule has 0 radical (unpaired) electrons. The Kier molecular flexibility index (Phi) is 3.50. The van der Waals surface area contributed by atoms with Crippen molar-refractivity contribution in [3.63, 3.8) is 0 Å². The Labute approximate surface area is 143 Å². The zero-order valence-corrected chi connectivity index (χ0v) is 13.4. The quantitative estimate of drug-likeness (QED) is 0.751. The number of nitrogens with zero attached hydrogens (tertiary/aromatic N) is 5. The van der Waals surface area contributed by atoms with Gasteiger partial charge in [0.2, 0.25) is 11.9 Å². The number of allylic oxidation sites excluding steroid dienone is 1. The fourth-order valence-electron chi connectivity index (χ4n) is 2.93. The van der Waals surface area contributed by atoms with Crippen LogP contribution in [0.4, 0.5) is 5.95 Å². The average Bonchev–Trinajstić information content (AvgIpc) is 3.05. The molecule has 1 aliphatic heterocycles. The Morgan fingerprint density at radius 1 is 1.20 bits per heavy atom. The lowest BCUT2D eigenvalue weighted by atomic mass is 9.97. The van der Waals surface area contributed by atoms with Crippen LogP contribution in [0.3, 0.4) is 0 Å². The molecule has 1 aliphatic rings. The Balaban J connectivity index is 1.89. The molecule has 1 atom stereocenters. The van der Waals surface area contributed by atoms with Crippen molar-refractivity contribution in [3.05, 3.63) is 65.9 Å². The zero-order chi connectivity index (χ0) is 17.4. The topological polar surface area (TPSA) is 112 Å². The van der Waals surface area contributed by atoms with E-state index in [0.29, 0.717) is 23.0 Å². The largest absolute Gasteiger partial charge is 0.366 e. The summed E-state index contributed by atoms with van der Waals surface area (Å²) in [6.45, 7) is 1.80. The first-order chi connectivity index (χ1) is 12.1. The summed E-state index contributed by atoms with van der Waals surface area (Å²) in [5.74, 6) is 0.543. The van der Waals surface area contributed by atoms with Crippen LogP contribution >= 0.6 is 0 Å². The maximum Gasteiger partial charge on any atom is 0.248 e. The van der Waals surface area contributed by atoms with Gasteiger partial charge in [0.25, 0.3) is 0 Å². The third-order valence-electron chi connectivity index (χ3n) is 4.04. The molecule has 1 amide bonds. The van der Waals surface area contributed by atoms with Gasteiger partial charge in [-0.1, -0.05) is 6.07 Å². The molecule has 4 rings (SSSR count). The molecule has 3 N–H and O–H groups in total. The molecular formula is C17H15N7O. The predicted molar refractivity (Wildman–Crippen MR) is 91.1 cm³/mol. The summed E-state index contributed by atoms with van der Waals surface area (Å²) in [4.78, 5) is 24.9. The summed E-state index contributed by atoms with van der Waals surface area (Å²) >= 11 is 0. The van der Waals surface area contributed by atoms with Crippen molar-refractivity contribution in [1.29, 1.82) is 0 Å². The van der Waals surface area contributed by atoms with E-state index in [2.05, 4.69) is 25.4 Å². The fraction of sp³-hybridized carbons (Fsp3) is 0.118. The van der Waals surface area contributed by atoms with E-state index in [1.807, 2.05) is 24.3 Å². The van der Waals surface area contributed by atoms with Gasteiger partial charge < -0.3 is 11.1 Å². The lowest BCUT2D eigenvalue weighted by Gasteiger charge is -2.27. The van der Waals surface area contributed by atoms with Gasteiger partial charge in [-0.2, -0.15) is 4.98 Å². The molecule has 25 heavy (non-hydrogen) atoms. The van der Waals surface area contributed by atoms with E-state index >= 15 is 0 Å². The highest BCUT2D eigenvalue weighted by Gasteiger charge is 2.33. The Morgan fingerprint density at radius 2 is 1.96 bits per heavy atom. The summed E-state index contributed by atoms with van der Waals surface area (Å²) in [5, 5.41) is 7.69. The molecule has 0 saturated heterocycles. The second kappa shape index (κ2) is 5.82. The fourth-order valence-corrected chi connectivity index (χ4v) is 2.93. The number of pyridine rings is 2. The number of aromatic nitrogens is 5. The summed E-state index contributed by atoms with van der Waals surface area (Å²) in [7, 11) is 0. The number of anilines is 1. The van der Waals surface area contributed by atoms with Crippen LogP contribution in [0.5, 0.6) is 0 Å². The van der Waals surface area contributed by atoms with Gasteiger partial charge in [0, 0.05) is 36.0 Å². The number of amides is 1. The van der Waals surface area contributed by atoms with Crippen molar-refractivity contribution in [2.24, 2.45) is 5.73 Å². The number of nitrogens with one attached hydrogen (secondary N) is 1. The van der Waals surface area contributed by atoms with Crippen LogP contribution in [0.15, 0.2) is 60.3 Å². The first kappa shape index (κ1) is 15.0. The maximum atomic E-state index is 12.1. The number of hydrogen-bond donors (Lipinski definition) is 2. The molecule has 0 spiro atoms. The molecule has 0 saturated carbocycles. The Hall–Kier alpha value is -3.55. The second-order valence-corrected chi connectivity index (χ2v) is 5.66. The number of fused-ring (bicyclic) bond motifs is 1.